The molecule has 0 atom stereocenters. The van der Waals surface area contributed by atoms with Crippen LogP contribution in [0.4, 0.5) is 16.3 Å². The van der Waals surface area contributed by atoms with Gasteiger partial charge in [0.25, 0.3) is 0 Å². The number of carbonyl (C=O) groups excluding carboxylic acids is 2. The van der Waals surface area contributed by atoms with Crippen LogP contribution in [-0.4, -0.2) is 65.7 Å². The lowest BCUT2D eigenvalue weighted by atomic mass is 9.98. The zero-order valence-corrected chi connectivity index (χ0v) is 18.6. The van der Waals surface area contributed by atoms with E-state index in [1.165, 1.54) is 0 Å². The Kier molecular flexibility index (Phi) is 5.56. The summed E-state index contributed by atoms with van der Waals surface area (Å²) in [5, 5.41) is 0. The number of nitrogens with zero attached hydrogens (tertiary/aromatic N) is 5. The van der Waals surface area contributed by atoms with E-state index in [1.54, 1.807) is 22.2 Å². The second-order valence-electron chi connectivity index (χ2n) is 9.01. The number of ether oxygens (including phenoxy) is 1. The molecule has 2 aromatic rings. The van der Waals surface area contributed by atoms with Crippen LogP contribution < -0.4 is 9.80 Å². The van der Waals surface area contributed by atoms with Gasteiger partial charge in [-0.1, -0.05) is 6.07 Å². The number of hydrogen-bond donors (Lipinski definition) is 0. The lowest BCUT2D eigenvalue weighted by molar-refractivity contribution is -0.118. The maximum Gasteiger partial charge on any atom is 0.410 e. The molecule has 8 heteroatoms. The van der Waals surface area contributed by atoms with Crippen LogP contribution in [0.5, 0.6) is 0 Å². The van der Waals surface area contributed by atoms with E-state index < -0.39 is 5.60 Å². The van der Waals surface area contributed by atoms with E-state index in [9.17, 15) is 9.59 Å². The smallest absolute Gasteiger partial charge is 0.410 e. The third-order valence-electron chi connectivity index (χ3n) is 5.60. The van der Waals surface area contributed by atoms with Gasteiger partial charge in [-0.2, -0.15) is 0 Å². The van der Waals surface area contributed by atoms with Crippen molar-refractivity contribution in [3.05, 3.63) is 36.2 Å². The number of benzene rings is 1. The van der Waals surface area contributed by atoms with Crippen LogP contribution >= 0.6 is 0 Å². The quantitative estimate of drug-likeness (QED) is 0.739. The maximum absolute atomic E-state index is 12.3. The third kappa shape index (κ3) is 4.62. The van der Waals surface area contributed by atoms with Crippen molar-refractivity contribution < 1.29 is 14.3 Å². The summed E-state index contributed by atoms with van der Waals surface area (Å²) in [5.74, 6) is 0.943. The van der Waals surface area contributed by atoms with Crippen molar-refractivity contribution >= 4 is 23.5 Å². The van der Waals surface area contributed by atoms with Crippen molar-refractivity contribution in [3.63, 3.8) is 0 Å². The highest BCUT2D eigenvalue weighted by molar-refractivity contribution is 5.96. The molecule has 31 heavy (non-hydrogen) atoms. The molecule has 2 amide bonds. The molecule has 1 aromatic carbocycles. The highest BCUT2D eigenvalue weighted by Gasteiger charge is 2.27. The van der Waals surface area contributed by atoms with E-state index in [1.807, 2.05) is 40.0 Å². The normalized spacial score (nSPS) is 16.9. The zero-order valence-electron chi connectivity index (χ0n) is 18.6. The zero-order chi connectivity index (χ0) is 22.2. The first-order valence-electron chi connectivity index (χ1n) is 10.7. The Morgan fingerprint density at radius 2 is 1.81 bits per heavy atom. The van der Waals surface area contributed by atoms with E-state index in [4.69, 9.17) is 9.72 Å². The number of amides is 2. The highest BCUT2D eigenvalue weighted by Crippen LogP contribution is 2.31. The molecule has 1 fully saturated rings. The summed E-state index contributed by atoms with van der Waals surface area (Å²) in [6.45, 7) is 8.14. The lowest BCUT2D eigenvalue weighted by Gasteiger charge is -2.36. The molecule has 0 spiro atoms. The minimum atomic E-state index is -0.495. The Labute approximate surface area is 182 Å². The highest BCUT2D eigenvalue weighted by atomic mass is 16.6. The second-order valence-corrected chi connectivity index (χ2v) is 9.01. The van der Waals surface area contributed by atoms with Crippen molar-refractivity contribution in [2.45, 2.75) is 39.2 Å². The van der Waals surface area contributed by atoms with Gasteiger partial charge in [-0.15, -0.1) is 0 Å². The Bertz CT molecular complexity index is 993. The molecule has 164 valence electrons. The molecule has 0 aliphatic carbocycles. The van der Waals surface area contributed by atoms with Gasteiger partial charge in [0, 0.05) is 50.9 Å². The maximum atomic E-state index is 12.3. The van der Waals surface area contributed by atoms with Gasteiger partial charge < -0.3 is 19.4 Å². The van der Waals surface area contributed by atoms with Gasteiger partial charge in [-0.25, -0.2) is 9.78 Å². The van der Waals surface area contributed by atoms with E-state index >= 15 is 0 Å². The summed E-state index contributed by atoms with van der Waals surface area (Å²) in [5.41, 5.74) is 3.41. The molecule has 0 bridgehead atoms. The van der Waals surface area contributed by atoms with Crippen LogP contribution in [0.15, 0.2) is 30.6 Å². The predicted octanol–water partition coefficient (Wildman–Crippen LogP) is 3.11. The first-order valence-corrected chi connectivity index (χ1v) is 10.7. The number of hydrogen-bond acceptors (Lipinski definition) is 6. The fourth-order valence-electron chi connectivity index (χ4n) is 3.91. The summed E-state index contributed by atoms with van der Waals surface area (Å²) < 4.78 is 5.47. The Balaban J connectivity index is 1.46. The molecule has 2 aliphatic heterocycles. The molecule has 1 saturated heterocycles. The van der Waals surface area contributed by atoms with Crippen LogP contribution in [-0.2, 0) is 16.0 Å². The minimum Gasteiger partial charge on any atom is -0.444 e. The molecule has 0 N–H and O–H groups in total. The van der Waals surface area contributed by atoms with Crippen LogP contribution in [0, 0.1) is 0 Å². The Hall–Kier alpha value is -3.16. The van der Waals surface area contributed by atoms with Crippen molar-refractivity contribution in [3.8, 4) is 11.3 Å². The minimum absolute atomic E-state index is 0.146. The first-order chi connectivity index (χ1) is 14.7. The number of rotatable bonds is 2. The standard InChI is InChI=1S/C23H29N5O3/c1-23(2,3)31-22(30)28-11-9-27(10-12-28)20-15-24-14-18(25-20)16-5-7-19-17(13-16)6-8-21(29)26(19)4/h5,7,13-15H,6,8-12H2,1-4H3. The van der Waals surface area contributed by atoms with Gasteiger partial charge >= 0.3 is 6.09 Å². The summed E-state index contributed by atoms with van der Waals surface area (Å²) in [4.78, 5) is 39.0. The molecular weight excluding hydrogens is 394 g/mol. The molecule has 3 heterocycles. The van der Waals surface area contributed by atoms with Gasteiger partial charge in [0.1, 0.15) is 11.4 Å². The fraction of sp³-hybridized carbons (Fsp3) is 0.478. The SMILES string of the molecule is CN1C(=O)CCc2cc(-c3cncc(N4CCN(C(=O)OC(C)(C)C)CC4)n3)ccc21. The van der Waals surface area contributed by atoms with Crippen molar-refractivity contribution in [1.29, 1.82) is 0 Å². The Morgan fingerprint density at radius 1 is 1.06 bits per heavy atom. The topological polar surface area (TPSA) is 78.9 Å². The molecule has 0 radical (unpaired) electrons. The van der Waals surface area contributed by atoms with Gasteiger partial charge in [-0.3, -0.25) is 9.78 Å². The summed E-state index contributed by atoms with van der Waals surface area (Å²) in [6, 6.07) is 6.07. The molecule has 2 aliphatic rings. The molecular formula is C23H29N5O3. The van der Waals surface area contributed by atoms with Crippen LogP contribution in [0.1, 0.15) is 32.8 Å². The van der Waals surface area contributed by atoms with E-state index in [0.29, 0.717) is 32.6 Å². The lowest BCUT2D eigenvalue weighted by Crippen LogP contribution is -2.50. The largest absolute Gasteiger partial charge is 0.444 e. The molecule has 0 unspecified atom stereocenters. The number of aryl methyl sites for hydroxylation is 1. The van der Waals surface area contributed by atoms with Crippen molar-refractivity contribution in [2.75, 3.05) is 43.0 Å². The molecule has 8 nitrogen and oxygen atoms in total. The number of anilines is 2. The third-order valence-corrected chi connectivity index (χ3v) is 5.60. The van der Waals surface area contributed by atoms with Gasteiger partial charge in [-0.05, 0) is 44.9 Å². The second kappa shape index (κ2) is 8.17. The van der Waals surface area contributed by atoms with Crippen molar-refractivity contribution in [1.82, 2.24) is 14.9 Å². The van der Waals surface area contributed by atoms with E-state index in [2.05, 4.69) is 16.0 Å². The monoisotopic (exact) mass is 423 g/mol. The van der Waals surface area contributed by atoms with Crippen LogP contribution in [0.2, 0.25) is 0 Å². The fourth-order valence-corrected chi connectivity index (χ4v) is 3.91. The van der Waals surface area contributed by atoms with Crippen LogP contribution in [0.3, 0.4) is 0 Å². The summed E-state index contributed by atoms with van der Waals surface area (Å²) >= 11 is 0. The van der Waals surface area contributed by atoms with E-state index in [0.717, 1.165) is 34.7 Å². The molecule has 1 aromatic heterocycles. The van der Waals surface area contributed by atoms with E-state index in [-0.39, 0.29) is 12.0 Å². The predicted molar refractivity (Wildman–Crippen MR) is 119 cm³/mol. The average molecular weight is 424 g/mol. The summed E-state index contributed by atoms with van der Waals surface area (Å²) in [6.07, 6.45) is 4.52. The van der Waals surface area contributed by atoms with Crippen molar-refractivity contribution in [2.24, 2.45) is 0 Å². The first kappa shape index (κ1) is 21.1. The Morgan fingerprint density at radius 3 is 2.52 bits per heavy atom. The number of piperazine rings is 1. The summed E-state index contributed by atoms with van der Waals surface area (Å²) in [7, 11) is 1.82. The molecule has 0 saturated carbocycles. The van der Waals surface area contributed by atoms with Gasteiger partial charge in [0.05, 0.1) is 18.1 Å². The van der Waals surface area contributed by atoms with Crippen LogP contribution in [0.25, 0.3) is 11.3 Å². The number of carbonyl (C=O) groups is 2. The molecule has 4 rings (SSSR count). The van der Waals surface area contributed by atoms with Gasteiger partial charge in [0.15, 0.2) is 0 Å². The average Bonchev–Trinajstić information content (AvgIpc) is 2.75. The number of aromatic nitrogens is 2. The van der Waals surface area contributed by atoms with Gasteiger partial charge in [0.2, 0.25) is 5.91 Å². The number of fused-ring (bicyclic) bond motifs is 1.